The molecule has 27 heavy (non-hydrogen) atoms. The summed E-state index contributed by atoms with van der Waals surface area (Å²) in [4.78, 5) is 27.4. The summed E-state index contributed by atoms with van der Waals surface area (Å²) in [5.74, 6) is -1.95. The molecule has 3 N–H and O–H groups in total. The van der Waals surface area contributed by atoms with Crippen molar-refractivity contribution in [3.63, 3.8) is 0 Å². The molecule has 0 spiro atoms. The van der Waals surface area contributed by atoms with Crippen molar-refractivity contribution in [1.29, 1.82) is 0 Å². The Labute approximate surface area is 159 Å². The van der Waals surface area contributed by atoms with Crippen molar-refractivity contribution in [2.24, 2.45) is 5.92 Å². The molecule has 0 aliphatic carbocycles. The molecule has 0 fully saturated rings. The number of nitrogens with one attached hydrogen (secondary N) is 1. The van der Waals surface area contributed by atoms with Gasteiger partial charge in [0.15, 0.2) is 0 Å². The fourth-order valence-electron chi connectivity index (χ4n) is 2.86. The van der Waals surface area contributed by atoms with E-state index in [1.807, 2.05) is 57.2 Å². The number of carboxylic acid groups (broad SMARTS) is 2. The van der Waals surface area contributed by atoms with Crippen LogP contribution in [0.2, 0.25) is 0 Å². The number of hydrogen-bond acceptors (Lipinski definition) is 4. The second-order valence-corrected chi connectivity index (χ2v) is 7.20. The van der Waals surface area contributed by atoms with Gasteiger partial charge in [-0.15, -0.1) is 0 Å². The summed E-state index contributed by atoms with van der Waals surface area (Å²) < 4.78 is 0. The zero-order valence-electron chi connectivity index (χ0n) is 15.8. The molecule has 1 aromatic carbocycles. The van der Waals surface area contributed by atoms with Gasteiger partial charge in [-0.05, 0) is 42.9 Å². The monoisotopic (exact) mass is 370 g/mol. The quantitative estimate of drug-likeness (QED) is 0.627. The maximum atomic E-state index is 11.6. The molecule has 0 saturated carbocycles. The Bertz CT molecular complexity index is 770. The highest BCUT2D eigenvalue weighted by molar-refractivity contribution is 5.77. The number of aryl methyl sites for hydroxylation is 1. The van der Waals surface area contributed by atoms with E-state index >= 15 is 0 Å². The number of rotatable bonds is 9. The van der Waals surface area contributed by atoms with Gasteiger partial charge in [0.05, 0.1) is 5.69 Å². The molecule has 144 valence electrons. The Balaban J connectivity index is 2.10. The maximum Gasteiger partial charge on any atom is 0.321 e. The molecule has 0 saturated heterocycles. The molecule has 6 heteroatoms. The van der Waals surface area contributed by atoms with Crippen LogP contribution in [0.3, 0.4) is 0 Å². The maximum absolute atomic E-state index is 11.6. The van der Waals surface area contributed by atoms with E-state index in [4.69, 9.17) is 0 Å². The predicted molar refractivity (Wildman–Crippen MR) is 104 cm³/mol. The minimum atomic E-state index is -1.06. The highest BCUT2D eigenvalue weighted by Gasteiger charge is 2.26. The first-order chi connectivity index (χ1) is 12.8. The van der Waals surface area contributed by atoms with E-state index in [1.54, 1.807) is 6.20 Å². The van der Waals surface area contributed by atoms with Crippen LogP contribution in [0.4, 0.5) is 0 Å². The Morgan fingerprint density at radius 3 is 2.11 bits per heavy atom. The van der Waals surface area contributed by atoms with Crippen molar-refractivity contribution >= 4 is 11.9 Å². The Hall–Kier alpha value is -2.73. The van der Waals surface area contributed by atoms with Gasteiger partial charge >= 0.3 is 11.9 Å². The van der Waals surface area contributed by atoms with Gasteiger partial charge < -0.3 is 10.2 Å². The van der Waals surface area contributed by atoms with Crippen LogP contribution in [0.25, 0.3) is 11.3 Å². The third-order valence-corrected chi connectivity index (χ3v) is 4.31. The topological polar surface area (TPSA) is 99.5 Å². The van der Waals surface area contributed by atoms with Crippen molar-refractivity contribution in [3.8, 4) is 11.3 Å². The van der Waals surface area contributed by atoms with Crippen LogP contribution in [0.1, 0.15) is 31.4 Å². The molecular weight excluding hydrogens is 344 g/mol. The summed E-state index contributed by atoms with van der Waals surface area (Å²) in [6.07, 6.45) is 2.38. The molecule has 2 rings (SSSR count). The van der Waals surface area contributed by atoms with Crippen molar-refractivity contribution < 1.29 is 19.8 Å². The van der Waals surface area contributed by atoms with E-state index < -0.39 is 24.0 Å². The molecule has 0 bridgehead atoms. The lowest BCUT2D eigenvalue weighted by Crippen LogP contribution is -2.48. The third kappa shape index (κ3) is 6.18. The zero-order valence-corrected chi connectivity index (χ0v) is 15.8. The second kappa shape index (κ2) is 9.28. The summed E-state index contributed by atoms with van der Waals surface area (Å²) in [7, 11) is 0. The van der Waals surface area contributed by atoms with Gasteiger partial charge in [-0.1, -0.05) is 44.2 Å². The lowest BCUT2D eigenvalue weighted by molar-refractivity contribution is -0.142. The van der Waals surface area contributed by atoms with E-state index in [0.717, 1.165) is 22.4 Å². The Kier molecular flexibility index (Phi) is 7.07. The van der Waals surface area contributed by atoms with Gasteiger partial charge in [0, 0.05) is 11.8 Å². The molecule has 2 atom stereocenters. The van der Waals surface area contributed by atoms with E-state index in [0.29, 0.717) is 6.42 Å². The lowest BCUT2D eigenvalue weighted by atomic mass is 9.99. The first kappa shape index (κ1) is 20.6. The largest absolute Gasteiger partial charge is 0.480 e. The summed E-state index contributed by atoms with van der Waals surface area (Å²) in [5, 5.41) is 21.6. The van der Waals surface area contributed by atoms with E-state index in [1.165, 1.54) is 0 Å². The molecular formula is C21H26N2O4. The molecule has 2 aromatic rings. The highest BCUT2D eigenvalue weighted by Crippen LogP contribution is 2.18. The Morgan fingerprint density at radius 1 is 1.00 bits per heavy atom. The SMILES string of the molecule is Cc1ccc(-c2ccc(CC(N[C@@H](CC(C)C)C(=O)O)C(=O)O)cc2)nc1. The first-order valence-corrected chi connectivity index (χ1v) is 9.00. The van der Waals surface area contributed by atoms with Gasteiger partial charge in [-0.25, -0.2) is 0 Å². The number of benzene rings is 1. The molecule has 1 aromatic heterocycles. The standard InChI is InChI=1S/C21H26N2O4/c1-13(2)10-18(20(24)25)23-19(21(26)27)11-15-5-7-16(8-6-15)17-9-4-14(3)12-22-17/h4-9,12-13,18-19,23H,10-11H2,1-3H3,(H,24,25)(H,26,27)/t18-,19?/m0/s1. The van der Waals surface area contributed by atoms with Crippen molar-refractivity contribution in [1.82, 2.24) is 10.3 Å². The number of aromatic nitrogens is 1. The van der Waals surface area contributed by atoms with E-state index in [-0.39, 0.29) is 12.3 Å². The summed E-state index contributed by atoms with van der Waals surface area (Å²) in [5.41, 5.74) is 3.70. The van der Waals surface area contributed by atoms with Crippen molar-refractivity contribution in [2.75, 3.05) is 0 Å². The molecule has 0 radical (unpaired) electrons. The average molecular weight is 370 g/mol. The van der Waals surface area contributed by atoms with E-state index in [9.17, 15) is 19.8 Å². The van der Waals surface area contributed by atoms with Gasteiger partial charge in [0.2, 0.25) is 0 Å². The third-order valence-electron chi connectivity index (χ3n) is 4.31. The van der Waals surface area contributed by atoms with Crippen LogP contribution in [0, 0.1) is 12.8 Å². The van der Waals surface area contributed by atoms with Crippen LogP contribution < -0.4 is 5.32 Å². The predicted octanol–water partition coefficient (Wildman–Crippen LogP) is 3.14. The van der Waals surface area contributed by atoms with Crippen LogP contribution in [0.5, 0.6) is 0 Å². The summed E-state index contributed by atoms with van der Waals surface area (Å²) in [6.45, 7) is 5.79. The second-order valence-electron chi connectivity index (χ2n) is 7.20. The molecule has 0 amide bonds. The fourth-order valence-corrected chi connectivity index (χ4v) is 2.86. The summed E-state index contributed by atoms with van der Waals surface area (Å²) >= 11 is 0. The molecule has 1 heterocycles. The summed E-state index contributed by atoms with van der Waals surface area (Å²) in [6, 6.07) is 9.58. The number of nitrogens with zero attached hydrogens (tertiary/aromatic N) is 1. The number of carbonyl (C=O) groups is 2. The lowest BCUT2D eigenvalue weighted by Gasteiger charge is -2.21. The number of carboxylic acids is 2. The average Bonchev–Trinajstić information content (AvgIpc) is 2.61. The minimum absolute atomic E-state index is 0.148. The molecule has 6 nitrogen and oxygen atoms in total. The molecule has 0 aliphatic heterocycles. The van der Waals surface area contributed by atoms with E-state index in [2.05, 4.69) is 10.3 Å². The number of pyridine rings is 1. The smallest absolute Gasteiger partial charge is 0.321 e. The highest BCUT2D eigenvalue weighted by atomic mass is 16.4. The number of hydrogen-bond donors (Lipinski definition) is 3. The van der Waals surface area contributed by atoms with Crippen molar-refractivity contribution in [2.45, 2.75) is 45.7 Å². The van der Waals surface area contributed by atoms with Crippen LogP contribution in [-0.2, 0) is 16.0 Å². The van der Waals surface area contributed by atoms with Gasteiger partial charge in [0.25, 0.3) is 0 Å². The Morgan fingerprint density at radius 2 is 1.63 bits per heavy atom. The first-order valence-electron chi connectivity index (χ1n) is 9.00. The van der Waals surface area contributed by atoms with Crippen LogP contribution >= 0.6 is 0 Å². The zero-order chi connectivity index (χ0) is 20.0. The van der Waals surface area contributed by atoms with Crippen LogP contribution in [0.15, 0.2) is 42.6 Å². The van der Waals surface area contributed by atoms with Gasteiger partial charge in [0.1, 0.15) is 12.1 Å². The van der Waals surface area contributed by atoms with Crippen LogP contribution in [-0.4, -0.2) is 39.2 Å². The molecule has 0 aliphatic rings. The van der Waals surface area contributed by atoms with Gasteiger partial charge in [-0.2, -0.15) is 0 Å². The molecule has 1 unspecified atom stereocenters. The van der Waals surface area contributed by atoms with Crippen molar-refractivity contribution in [3.05, 3.63) is 53.7 Å². The minimum Gasteiger partial charge on any atom is -0.480 e. The normalized spacial score (nSPS) is 13.3. The fraction of sp³-hybridized carbons (Fsp3) is 0.381. The number of aliphatic carboxylic acids is 2. The van der Waals surface area contributed by atoms with Gasteiger partial charge in [-0.3, -0.25) is 19.9 Å².